The van der Waals surface area contributed by atoms with Gasteiger partial charge in [0, 0.05) is 18.3 Å². The number of anilines is 1. The Bertz CT molecular complexity index is 341. The smallest absolute Gasteiger partial charge is 0.185 e. The molecule has 1 aromatic rings. The molecule has 2 heterocycles. The van der Waals surface area contributed by atoms with Crippen LogP contribution in [-0.4, -0.2) is 21.3 Å². The SMILES string of the molecule is Cc1c2c(nn1C)N(O)C=NC2. The summed E-state index contributed by atoms with van der Waals surface area (Å²) in [4.78, 5) is 3.97. The first-order valence-electron chi connectivity index (χ1n) is 3.70. The van der Waals surface area contributed by atoms with Crippen LogP contribution in [0.25, 0.3) is 0 Å². The van der Waals surface area contributed by atoms with E-state index in [0.29, 0.717) is 12.4 Å². The maximum absolute atomic E-state index is 9.31. The summed E-state index contributed by atoms with van der Waals surface area (Å²) in [7, 11) is 1.85. The van der Waals surface area contributed by atoms with Crippen molar-refractivity contribution in [1.82, 2.24) is 9.78 Å². The topological polar surface area (TPSA) is 53.7 Å². The molecule has 1 aliphatic heterocycles. The van der Waals surface area contributed by atoms with Crippen molar-refractivity contribution in [3.8, 4) is 0 Å². The minimum atomic E-state index is 0.588. The lowest BCUT2D eigenvalue weighted by Crippen LogP contribution is -2.20. The van der Waals surface area contributed by atoms with E-state index in [1.54, 1.807) is 4.68 Å². The largest absolute Gasteiger partial charge is 0.281 e. The molecular formula is C7H10N4O. The van der Waals surface area contributed by atoms with Gasteiger partial charge in [0.2, 0.25) is 0 Å². The highest BCUT2D eigenvalue weighted by Gasteiger charge is 2.18. The first-order chi connectivity index (χ1) is 5.70. The zero-order valence-electron chi connectivity index (χ0n) is 7.02. The van der Waals surface area contributed by atoms with E-state index >= 15 is 0 Å². The van der Waals surface area contributed by atoms with Crippen LogP contribution in [0, 0.1) is 6.92 Å². The third kappa shape index (κ3) is 0.831. The number of aromatic nitrogens is 2. The fraction of sp³-hybridized carbons (Fsp3) is 0.429. The van der Waals surface area contributed by atoms with Crippen LogP contribution in [0.2, 0.25) is 0 Å². The molecule has 0 aliphatic carbocycles. The van der Waals surface area contributed by atoms with Crippen LogP contribution >= 0.6 is 0 Å². The Morgan fingerprint density at radius 3 is 3.00 bits per heavy atom. The van der Waals surface area contributed by atoms with Crippen LogP contribution in [0.5, 0.6) is 0 Å². The van der Waals surface area contributed by atoms with Gasteiger partial charge in [0.1, 0.15) is 6.34 Å². The van der Waals surface area contributed by atoms with E-state index in [-0.39, 0.29) is 0 Å². The van der Waals surface area contributed by atoms with Crippen molar-refractivity contribution in [2.75, 3.05) is 5.06 Å². The maximum atomic E-state index is 9.31. The van der Waals surface area contributed by atoms with Gasteiger partial charge in [-0.2, -0.15) is 10.2 Å². The van der Waals surface area contributed by atoms with E-state index in [9.17, 15) is 5.21 Å². The number of aryl methyl sites for hydroxylation is 1. The molecule has 0 saturated carbocycles. The zero-order valence-corrected chi connectivity index (χ0v) is 7.02. The number of hydrogen-bond donors (Lipinski definition) is 1. The Balaban J connectivity index is 2.57. The van der Waals surface area contributed by atoms with Crippen LogP contribution < -0.4 is 5.06 Å². The Hall–Kier alpha value is -1.36. The van der Waals surface area contributed by atoms with Gasteiger partial charge >= 0.3 is 0 Å². The number of hydroxylamine groups is 1. The van der Waals surface area contributed by atoms with E-state index in [4.69, 9.17) is 0 Å². The quantitative estimate of drug-likeness (QED) is 0.609. The monoisotopic (exact) mass is 166 g/mol. The molecule has 2 rings (SSSR count). The van der Waals surface area contributed by atoms with E-state index < -0.39 is 0 Å². The summed E-state index contributed by atoms with van der Waals surface area (Å²) >= 11 is 0. The summed E-state index contributed by atoms with van der Waals surface area (Å²) in [6, 6.07) is 0. The van der Waals surface area contributed by atoms with Gasteiger partial charge in [0.05, 0.1) is 6.54 Å². The summed E-state index contributed by atoms with van der Waals surface area (Å²) in [6.07, 6.45) is 1.37. The minimum absolute atomic E-state index is 0.588. The van der Waals surface area contributed by atoms with Crippen LogP contribution in [0.4, 0.5) is 5.82 Å². The summed E-state index contributed by atoms with van der Waals surface area (Å²) in [5.74, 6) is 0.588. The molecule has 0 fully saturated rings. The lowest BCUT2D eigenvalue weighted by atomic mass is 10.2. The highest BCUT2D eigenvalue weighted by atomic mass is 16.5. The van der Waals surface area contributed by atoms with Crippen LogP contribution in [-0.2, 0) is 13.6 Å². The van der Waals surface area contributed by atoms with Crippen molar-refractivity contribution in [2.45, 2.75) is 13.5 Å². The molecule has 0 radical (unpaired) electrons. The molecule has 5 heteroatoms. The lowest BCUT2D eigenvalue weighted by molar-refractivity contribution is 0.309. The summed E-state index contributed by atoms with van der Waals surface area (Å²) in [5, 5.41) is 14.4. The summed E-state index contributed by atoms with van der Waals surface area (Å²) < 4.78 is 1.74. The summed E-state index contributed by atoms with van der Waals surface area (Å²) in [6.45, 7) is 2.56. The minimum Gasteiger partial charge on any atom is -0.281 e. The molecule has 0 saturated heterocycles. The fourth-order valence-corrected chi connectivity index (χ4v) is 1.27. The maximum Gasteiger partial charge on any atom is 0.185 e. The molecule has 1 N–H and O–H groups in total. The van der Waals surface area contributed by atoms with E-state index in [1.165, 1.54) is 6.34 Å². The van der Waals surface area contributed by atoms with Gasteiger partial charge in [-0.1, -0.05) is 0 Å². The van der Waals surface area contributed by atoms with E-state index in [1.807, 2.05) is 14.0 Å². The average Bonchev–Trinajstić information content (AvgIpc) is 2.32. The van der Waals surface area contributed by atoms with Crippen LogP contribution in [0.15, 0.2) is 4.99 Å². The van der Waals surface area contributed by atoms with Crippen LogP contribution in [0.3, 0.4) is 0 Å². The molecule has 0 atom stereocenters. The molecular weight excluding hydrogens is 156 g/mol. The van der Waals surface area contributed by atoms with Gasteiger partial charge in [-0.25, -0.2) is 0 Å². The molecule has 64 valence electrons. The standard InChI is InChI=1S/C7H10N4O/c1-5-6-3-8-4-11(12)7(6)9-10(5)2/h4,12H,3H2,1-2H3. The Morgan fingerprint density at radius 2 is 2.33 bits per heavy atom. The lowest BCUT2D eigenvalue weighted by Gasteiger charge is -2.13. The van der Waals surface area contributed by atoms with E-state index in [2.05, 4.69) is 10.1 Å². The second kappa shape index (κ2) is 2.31. The van der Waals surface area contributed by atoms with Crippen molar-refractivity contribution in [1.29, 1.82) is 0 Å². The molecule has 1 aliphatic rings. The average molecular weight is 166 g/mol. The van der Waals surface area contributed by atoms with Gasteiger partial charge in [0.25, 0.3) is 0 Å². The summed E-state index contributed by atoms with van der Waals surface area (Å²) in [5.41, 5.74) is 2.03. The Morgan fingerprint density at radius 1 is 1.58 bits per heavy atom. The third-order valence-corrected chi connectivity index (χ3v) is 2.09. The van der Waals surface area contributed by atoms with Gasteiger partial charge < -0.3 is 0 Å². The number of nitrogens with zero attached hydrogens (tertiary/aromatic N) is 4. The molecule has 12 heavy (non-hydrogen) atoms. The zero-order chi connectivity index (χ0) is 8.72. The molecule has 0 unspecified atom stereocenters. The highest BCUT2D eigenvalue weighted by Crippen LogP contribution is 2.23. The van der Waals surface area contributed by atoms with Gasteiger partial charge in [-0.05, 0) is 6.92 Å². The van der Waals surface area contributed by atoms with E-state index in [0.717, 1.165) is 16.3 Å². The number of rotatable bonds is 0. The normalized spacial score (nSPS) is 15.1. The van der Waals surface area contributed by atoms with Crippen molar-refractivity contribution >= 4 is 12.2 Å². The van der Waals surface area contributed by atoms with Crippen molar-refractivity contribution in [3.63, 3.8) is 0 Å². The Kier molecular flexibility index (Phi) is 1.41. The van der Waals surface area contributed by atoms with Crippen molar-refractivity contribution < 1.29 is 5.21 Å². The third-order valence-electron chi connectivity index (χ3n) is 2.09. The second-order valence-electron chi connectivity index (χ2n) is 2.81. The molecule has 0 amide bonds. The number of hydrogen-bond acceptors (Lipinski definition) is 4. The van der Waals surface area contributed by atoms with Gasteiger partial charge in [-0.15, -0.1) is 0 Å². The molecule has 1 aromatic heterocycles. The van der Waals surface area contributed by atoms with Crippen molar-refractivity contribution in [3.05, 3.63) is 11.3 Å². The first-order valence-corrected chi connectivity index (χ1v) is 3.70. The van der Waals surface area contributed by atoms with Gasteiger partial charge in [0.15, 0.2) is 5.82 Å². The predicted octanol–water partition coefficient (Wildman–Crippen LogP) is 0.466. The second-order valence-corrected chi connectivity index (χ2v) is 2.81. The first kappa shape index (κ1) is 7.30. The molecule has 5 nitrogen and oxygen atoms in total. The molecule has 0 bridgehead atoms. The molecule has 0 aromatic carbocycles. The number of fused-ring (bicyclic) bond motifs is 1. The number of aliphatic imine (C=N–C) groups is 1. The van der Waals surface area contributed by atoms with Gasteiger partial charge in [-0.3, -0.25) is 14.9 Å². The highest BCUT2D eigenvalue weighted by molar-refractivity contribution is 5.78. The Labute approximate surface area is 69.9 Å². The van der Waals surface area contributed by atoms with Crippen molar-refractivity contribution in [2.24, 2.45) is 12.0 Å². The molecule has 0 spiro atoms. The predicted molar refractivity (Wildman–Crippen MR) is 44.4 cm³/mol. The van der Waals surface area contributed by atoms with Crippen LogP contribution in [0.1, 0.15) is 11.3 Å². The fourth-order valence-electron chi connectivity index (χ4n) is 1.27.